The molecule has 0 spiro atoms. The number of hydrogen-bond acceptors (Lipinski definition) is 4. The van der Waals surface area contributed by atoms with Gasteiger partial charge in [0.1, 0.15) is 5.69 Å². The first kappa shape index (κ1) is 45.6. The van der Waals surface area contributed by atoms with Crippen LogP contribution in [0.4, 0.5) is 13.2 Å². The molecule has 9 aromatic rings. The van der Waals surface area contributed by atoms with E-state index in [-0.39, 0.29) is 37.7 Å². The molecule has 0 bridgehead atoms. The largest absolute Gasteiger partial charge is 0.486 e. The van der Waals surface area contributed by atoms with Gasteiger partial charge in [-0.25, -0.2) is 4.98 Å². The van der Waals surface area contributed by atoms with Crippen molar-refractivity contribution in [1.29, 1.82) is 0 Å². The number of aromatic nitrogens is 4. The average Bonchev–Trinajstić information content (AvgIpc) is 3.81. The second kappa shape index (κ2) is 18.0. The molecule has 0 atom stereocenters. The Hall–Kier alpha value is -5.41. The molecule has 63 heavy (non-hydrogen) atoms. The molecule has 1 radical (unpaired) electrons. The molecule has 5 aromatic carbocycles. The van der Waals surface area contributed by atoms with Crippen molar-refractivity contribution in [3.63, 3.8) is 0 Å². The zero-order valence-electron chi connectivity index (χ0n) is 37.1. The van der Waals surface area contributed by atoms with Crippen LogP contribution in [0.3, 0.4) is 0 Å². The van der Waals surface area contributed by atoms with Crippen LogP contribution in [0.5, 0.6) is 0 Å². The van der Waals surface area contributed by atoms with Gasteiger partial charge in [-0.2, -0.15) is 13.2 Å². The summed E-state index contributed by atoms with van der Waals surface area (Å²) < 4.78 is 48.7. The van der Waals surface area contributed by atoms with E-state index in [1.54, 1.807) is 12.1 Å². The van der Waals surface area contributed by atoms with Crippen LogP contribution in [0.2, 0.25) is 19.6 Å². The van der Waals surface area contributed by atoms with Gasteiger partial charge in [0, 0.05) is 37.4 Å². The first-order chi connectivity index (χ1) is 29.5. The van der Waals surface area contributed by atoms with Crippen molar-refractivity contribution in [1.82, 2.24) is 19.5 Å². The SMILES string of the molecule is CC(C)Cc1cc(-c2[c-]cccc2)ncc1[Si](C)(C)C.CC(C)c1cc2ccccc2c(C(C)C)c1-n1c(-c2[c-]ccc3c2oc2nc(C(F)(F)F)ccc23)nc2ccccc21.[Ir]. The summed E-state index contributed by atoms with van der Waals surface area (Å²) in [4.78, 5) is 13.6. The number of pyridine rings is 2. The third-order valence-electron chi connectivity index (χ3n) is 11.3. The minimum atomic E-state index is -4.58. The Morgan fingerprint density at radius 3 is 2.16 bits per heavy atom. The fourth-order valence-corrected chi connectivity index (χ4v) is 10.1. The Kier molecular flexibility index (Phi) is 13.0. The molecule has 9 rings (SSSR count). The van der Waals surface area contributed by atoms with E-state index < -0.39 is 19.9 Å². The topological polar surface area (TPSA) is 56.7 Å². The van der Waals surface area contributed by atoms with Gasteiger partial charge in [0.05, 0.1) is 30.5 Å². The summed E-state index contributed by atoms with van der Waals surface area (Å²) in [6.07, 6.45) is -1.34. The average molecular weight is 1040 g/mol. The number of furan rings is 1. The number of rotatable bonds is 8. The summed E-state index contributed by atoms with van der Waals surface area (Å²) in [6, 6.07) is 41.5. The van der Waals surface area contributed by atoms with Gasteiger partial charge in [-0.05, 0) is 87.3 Å². The van der Waals surface area contributed by atoms with E-state index in [9.17, 15) is 13.2 Å². The number of benzene rings is 5. The Bertz CT molecular complexity index is 3070. The van der Waals surface area contributed by atoms with Crippen LogP contribution in [0, 0.1) is 18.1 Å². The van der Waals surface area contributed by atoms with Crippen LogP contribution in [0.25, 0.3) is 72.2 Å². The van der Waals surface area contributed by atoms with E-state index in [0.717, 1.165) is 40.5 Å². The monoisotopic (exact) mass is 1040 g/mol. The fourth-order valence-electron chi connectivity index (χ4n) is 8.51. The number of hydrogen-bond donors (Lipinski definition) is 0. The minimum Gasteiger partial charge on any atom is -0.486 e. The van der Waals surface area contributed by atoms with Crippen LogP contribution in [-0.4, -0.2) is 27.6 Å². The number of imidazole rings is 1. The summed E-state index contributed by atoms with van der Waals surface area (Å²) in [5, 5.41) is 5.01. The quantitative estimate of drug-likeness (QED) is 0.112. The smallest absolute Gasteiger partial charge is 0.433 e. The number of para-hydroxylation sites is 2. The Morgan fingerprint density at radius 2 is 1.48 bits per heavy atom. The van der Waals surface area contributed by atoms with E-state index in [1.807, 2.05) is 42.5 Å². The van der Waals surface area contributed by atoms with Gasteiger partial charge < -0.3 is 14.0 Å². The van der Waals surface area contributed by atoms with E-state index in [0.29, 0.717) is 33.7 Å². The molecule has 0 fully saturated rings. The molecule has 5 nitrogen and oxygen atoms in total. The summed E-state index contributed by atoms with van der Waals surface area (Å²) in [5.74, 6) is 1.66. The molecule has 0 aliphatic heterocycles. The van der Waals surface area contributed by atoms with Crippen molar-refractivity contribution in [3.05, 3.63) is 150 Å². The summed E-state index contributed by atoms with van der Waals surface area (Å²) in [7, 11) is -1.34. The zero-order chi connectivity index (χ0) is 44.1. The van der Waals surface area contributed by atoms with Gasteiger partial charge in [0.2, 0.25) is 5.71 Å². The number of nitrogens with zero attached hydrogens (tertiary/aromatic N) is 4. The van der Waals surface area contributed by atoms with Crippen LogP contribution in [0.15, 0.2) is 120 Å². The summed E-state index contributed by atoms with van der Waals surface area (Å²) in [5.41, 5.74) is 8.65. The molecule has 0 saturated heterocycles. The number of alkyl halides is 3. The maximum atomic E-state index is 13.5. The van der Waals surface area contributed by atoms with Crippen molar-refractivity contribution in [2.45, 2.75) is 85.6 Å². The first-order valence-corrected chi connectivity index (χ1v) is 24.8. The first-order valence-electron chi connectivity index (χ1n) is 21.3. The van der Waals surface area contributed by atoms with Crippen molar-refractivity contribution >= 4 is 57.1 Å². The second-order valence-corrected chi connectivity index (χ2v) is 23.2. The second-order valence-electron chi connectivity index (χ2n) is 18.1. The number of fused-ring (bicyclic) bond motifs is 5. The van der Waals surface area contributed by atoms with Gasteiger partial charge >= 0.3 is 6.18 Å². The Morgan fingerprint density at radius 1 is 0.746 bits per heavy atom. The molecule has 0 saturated carbocycles. The van der Waals surface area contributed by atoms with Gasteiger partial charge in [-0.3, -0.25) is 4.98 Å². The molecule has 0 unspecified atom stereocenters. The van der Waals surface area contributed by atoms with E-state index in [4.69, 9.17) is 9.40 Å². The van der Waals surface area contributed by atoms with Crippen LogP contribution < -0.4 is 5.19 Å². The third-order valence-corrected chi connectivity index (χ3v) is 13.4. The van der Waals surface area contributed by atoms with Crippen molar-refractivity contribution in [2.75, 3.05) is 0 Å². The Labute approximate surface area is 382 Å². The minimum absolute atomic E-state index is 0. The summed E-state index contributed by atoms with van der Waals surface area (Å²) in [6.45, 7) is 20.5. The standard InChI is InChI=1S/C35H27F3N3O.C18H24NSi.Ir/c1-19(2)26-18-21-10-5-6-11-22(21)30(20(3)4)31(26)41-28-15-8-7-14-27(28)39-33(41)25-13-9-12-23-24-16-17-29(35(36,37)38)40-34(24)42-32(23)25;1-14(2)11-16-12-17(15-9-7-6-8-10-15)19-13-18(16)20(3,4)5;/h5-12,14-20H,1-4H3;6-9,12-14H,11H2,1-5H3;/q2*-1;. The molecule has 0 aliphatic rings. The maximum absolute atomic E-state index is 13.5. The van der Waals surface area contributed by atoms with Crippen molar-refractivity contribution < 1.29 is 37.7 Å². The molecule has 0 N–H and O–H groups in total. The molecule has 4 aromatic heterocycles. The van der Waals surface area contributed by atoms with E-state index in [2.05, 4.69) is 137 Å². The molecule has 0 amide bonds. The third kappa shape index (κ3) is 9.04. The van der Waals surface area contributed by atoms with Crippen LogP contribution >= 0.6 is 0 Å². The van der Waals surface area contributed by atoms with Crippen molar-refractivity contribution in [3.8, 4) is 28.3 Å². The molecule has 4 heterocycles. The van der Waals surface area contributed by atoms with E-state index in [1.165, 1.54) is 38.7 Å². The predicted octanol–water partition coefficient (Wildman–Crippen LogP) is 14.5. The summed E-state index contributed by atoms with van der Waals surface area (Å²) >= 11 is 0. The van der Waals surface area contributed by atoms with Crippen molar-refractivity contribution in [2.24, 2.45) is 5.92 Å². The van der Waals surface area contributed by atoms with Gasteiger partial charge in [-0.15, -0.1) is 54.1 Å². The van der Waals surface area contributed by atoms with Crippen LogP contribution in [0.1, 0.15) is 75.8 Å². The van der Waals surface area contributed by atoms with Gasteiger partial charge in [0.25, 0.3) is 0 Å². The molecule has 325 valence electrons. The number of halogens is 3. The Balaban J connectivity index is 0.000000239. The van der Waals surface area contributed by atoms with E-state index >= 15 is 0 Å². The molecular weight excluding hydrogens is 986 g/mol. The van der Waals surface area contributed by atoms with Gasteiger partial charge in [-0.1, -0.05) is 120 Å². The maximum Gasteiger partial charge on any atom is 0.433 e. The van der Waals surface area contributed by atoms with Crippen LogP contribution in [-0.2, 0) is 32.7 Å². The molecule has 0 aliphatic carbocycles. The molecular formula is C53H51F3IrN4OSi-2. The zero-order valence-corrected chi connectivity index (χ0v) is 40.5. The molecule has 10 heteroatoms. The van der Waals surface area contributed by atoms with Gasteiger partial charge in [0.15, 0.2) is 0 Å². The normalized spacial score (nSPS) is 12.2. The predicted molar refractivity (Wildman–Crippen MR) is 251 cm³/mol. The fraction of sp³-hybridized carbons (Fsp3) is 0.264.